The van der Waals surface area contributed by atoms with Crippen molar-refractivity contribution in [3.05, 3.63) is 35.1 Å². The van der Waals surface area contributed by atoms with Crippen LogP contribution in [0, 0.1) is 17.1 Å². The molecular formula is C11H10FNO2. The number of hydrogen-bond donors (Lipinski definition) is 1. The molecule has 4 heteroatoms. The van der Waals surface area contributed by atoms with Crippen molar-refractivity contribution in [2.45, 2.75) is 19.3 Å². The maximum atomic E-state index is 13.0. The van der Waals surface area contributed by atoms with Crippen molar-refractivity contribution < 1.29 is 14.3 Å². The van der Waals surface area contributed by atoms with Crippen LogP contribution in [0.5, 0.6) is 0 Å². The minimum Gasteiger partial charge on any atom is -0.478 e. The van der Waals surface area contributed by atoms with Gasteiger partial charge in [0, 0.05) is 0 Å². The van der Waals surface area contributed by atoms with Gasteiger partial charge in [0.15, 0.2) is 0 Å². The highest BCUT2D eigenvalue weighted by atomic mass is 19.1. The standard InChI is InChI=1S/C11H10FNO2/c1-11(2,6-13)7-3-4-9(12)8(5-7)10(14)15/h3-5H,1-2H3,(H,14,15). The summed E-state index contributed by atoms with van der Waals surface area (Å²) in [7, 11) is 0. The van der Waals surface area contributed by atoms with Gasteiger partial charge >= 0.3 is 5.97 Å². The Balaban J connectivity index is 3.33. The molecule has 0 amide bonds. The Bertz CT molecular complexity index is 446. The molecule has 0 spiro atoms. The lowest BCUT2D eigenvalue weighted by atomic mass is 9.85. The normalized spacial score (nSPS) is 10.8. The van der Waals surface area contributed by atoms with E-state index in [1.54, 1.807) is 13.8 Å². The third-order valence-corrected chi connectivity index (χ3v) is 2.20. The molecule has 0 saturated carbocycles. The van der Waals surface area contributed by atoms with Gasteiger partial charge in [-0.1, -0.05) is 6.07 Å². The van der Waals surface area contributed by atoms with Gasteiger partial charge in [-0.2, -0.15) is 5.26 Å². The summed E-state index contributed by atoms with van der Waals surface area (Å²) >= 11 is 0. The molecule has 0 bridgehead atoms. The van der Waals surface area contributed by atoms with Crippen LogP contribution in [0.4, 0.5) is 4.39 Å². The first kappa shape index (κ1) is 11.2. The number of halogens is 1. The number of carboxylic acid groups (broad SMARTS) is 1. The highest BCUT2D eigenvalue weighted by molar-refractivity contribution is 5.88. The SMILES string of the molecule is CC(C)(C#N)c1ccc(F)c(C(=O)O)c1. The molecule has 1 N–H and O–H groups in total. The molecule has 0 saturated heterocycles. The van der Waals surface area contributed by atoms with E-state index in [0.717, 1.165) is 6.07 Å². The molecule has 0 atom stereocenters. The summed E-state index contributed by atoms with van der Waals surface area (Å²) in [5.41, 5.74) is -0.739. The largest absolute Gasteiger partial charge is 0.478 e. The average molecular weight is 207 g/mol. The first-order valence-corrected chi connectivity index (χ1v) is 4.33. The first-order chi connectivity index (χ1) is 6.88. The van der Waals surface area contributed by atoms with Gasteiger partial charge in [-0.3, -0.25) is 0 Å². The number of nitriles is 1. The van der Waals surface area contributed by atoms with Gasteiger partial charge in [0.25, 0.3) is 0 Å². The number of carbonyl (C=O) groups is 1. The molecule has 0 aliphatic heterocycles. The summed E-state index contributed by atoms with van der Waals surface area (Å²) in [6.07, 6.45) is 0. The summed E-state index contributed by atoms with van der Waals surface area (Å²) < 4.78 is 13.0. The molecule has 1 aromatic rings. The zero-order valence-electron chi connectivity index (χ0n) is 8.41. The van der Waals surface area contributed by atoms with Gasteiger partial charge in [-0.15, -0.1) is 0 Å². The van der Waals surface area contributed by atoms with Crippen LogP contribution in [0.25, 0.3) is 0 Å². The number of aromatic carboxylic acids is 1. The molecule has 0 aliphatic rings. The lowest BCUT2D eigenvalue weighted by Gasteiger charge is -2.16. The van der Waals surface area contributed by atoms with E-state index in [-0.39, 0.29) is 0 Å². The van der Waals surface area contributed by atoms with E-state index in [0.29, 0.717) is 5.56 Å². The van der Waals surface area contributed by atoms with Crippen LogP contribution < -0.4 is 0 Å². The van der Waals surface area contributed by atoms with Gasteiger partial charge in [0.05, 0.1) is 17.0 Å². The van der Waals surface area contributed by atoms with Crippen molar-refractivity contribution in [3.8, 4) is 6.07 Å². The average Bonchev–Trinajstić information content (AvgIpc) is 2.17. The quantitative estimate of drug-likeness (QED) is 0.809. The Morgan fingerprint density at radius 2 is 2.13 bits per heavy atom. The predicted molar refractivity (Wildman–Crippen MR) is 52.0 cm³/mol. The molecule has 0 fully saturated rings. The molecule has 0 unspecified atom stereocenters. The fourth-order valence-electron chi connectivity index (χ4n) is 1.14. The molecular weight excluding hydrogens is 197 g/mol. The zero-order chi connectivity index (χ0) is 11.6. The van der Waals surface area contributed by atoms with Crippen molar-refractivity contribution in [3.63, 3.8) is 0 Å². The number of benzene rings is 1. The Morgan fingerprint density at radius 1 is 1.53 bits per heavy atom. The number of carboxylic acids is 1. The summed E-state index contributed by atoms with van der Waals surface area (Å²) in [5.74, 6) is -2.12. The fourth-order valence-corrected chi connectivity index (χ4v) is 1.14. The van der Waals surface area contributed by atoms with Gasteiger partial charge < -0.3 is 5.11 Å². The Labute approximate surface area is 86.8 Å². The molecule has 0 aliphatic carbocycles. The maximum Gasteiger partial charge on any atom is 0.338 e. The number of hydrogen-bond acceptors (Lipinski definition) is 2. The summed E-state index contributed by atoms with van der Waals surface area (Å²) in [6, 6.07) is 5.71. The summed E-state index contributed by atoms with van der Waals surface area (Å²) in [4.78, 5) is 10.7. The molecule has 0 heterocycles. The van der Waals surface area contributed by atoms with Crippen LogP contribution >= 0.6 is 0 Å². The Hall–Kier alpha value is -1.89. The first-order valence-electron chi connectivity index (χ1n) is 4.33. The molecule has 78 valence electrons. The van der Waals surface area contributed by atoms with Crippen molar-refractivity contribution in [2.24, 2.45) is 0 Å². The van der Waals surface area contributed by atoms with E-state index in [2.05, 4.69) is 0 Å². The predicted octanol–water partition coefficient (Wildman–Crippen LogP) is 2.33. The smallest absolute Gasteiger partial charge is 0.338 e. The van der Waals surface area contributed by atoms with Gasteiger partial charge in [0.1, 0.15) is 5.82 Å². The van der Waals surface area contributed by atoms with E-state index in [1.807, 2.05) is 6.07 Å². The number of nitrogens with zero attached hydrogens (tertiary/aromatic N) is 1. The molecule has 15 heavy (non-hydrogen) atoms. The third-order valence-electron chi connectivity index (χ3n) is 2.20. The number of rotatable bonds is 2. The van der Waals surface area contributed by atoms with E-state index < -0.39 is 22.8 Å². The Kier molecular flexibility index (Phi) is 2.76. The highest BCUT2D eigenvalue weighted by Crippen LogP contribution is 2.24. The molecule has 0 radical (unpaired) electrons. The molecule has 1 aromatic carbocycles. The summed E-state index contributed by atoms with van der Waals surface area (Å²) in [6.45, 7) is 3.29. The molecule has 1 rings (SSSR count). The lowest BCUT2D eigenvalue weighted by molar-refractivity contribution is 0.0691. The monoisotopic (exact) mass is 207 g/mol. The minimum atomic E-state index is -1.33. The summed E-state index contributed by atoms with van der Waals surface area (Å²) in [5, 5.41) is 17.6. The van der Waals surface area contributed by atoms with Crippen molar-refractivity contribution in [1.82, 2.24) is 0 Å². The highest BCUT2D eigenvalue weighted by Gasteiger charge is 2.22. The van der Waals surface area contributed by atoms with Crippen LogP contribution in [-0.2, 0) is 5.41 Å². The topological polar surface area (TPSA) is 61.1 Å². The van der Waals surface area contributed by atoms with E-state index in [9.17, 15) is 9.18 Å². The minimum absolute atomic E-state index is 0.407. The van der Waals surface area contributed by atoms with Crippen molar-refractivity contribution >= 4 is 5.97 Å². The van der Waals surface area contributed by atoms with Crippen LogP contribution in [0.2, 0.25) is 0 Å². The second kappa shape index (κ2) is 3.70. The van der Waals surface area contributed by atoms with Crippen LogP contribution in [0.15, 0.2) is 18.2 Å². The van der Waals surface area contributed by atoms with E-state index >= 15 is 0 Å². The van der Waals surface area contributed by atoms with Gasteiger partial charge in [0.2, 0.25) is 0 Å². The lowest BCUT2D eigenvalue weighted by Crippen LogP contribution is -2.15. The van der Waals surface area contributed by atoms with Crippen LogP contribution in [0.3, 0.4) is 0 Å². The fraction of sp³-hybridized carbons (Fsp3) is 0.273. The zero-order valence-corrected chi connectivity index (χ0v) is 8.41. The molecule has 3 nitrogen and oxygen atoms in total. The van der Waals surface area contributed by atoms with Gasteiger partial charge in [-0.25, -0.2) is 9.18 Å². The Morgan fingerprint density at radius 3 is 2.60 bits per heavy atom. The molecule has 0 aromatic heterocycles. The van der Waals surface area contributed by atoms with Crippen molar-refractivity contribution in [1.29, 1.82) is 5.26 Å². The van der Waals surface area contributed by atoms with E-state index in [4.69, 9.17) is 10.4 Å². The van der Waals surface area contributed by atoms with Gasteiger partial charge in [-0.05, 0) is 31.5 Å². The van der Waals surface area contributed by atoms with Crippen LogP contribution in [-0.4, -0.2) is 11.1 Å². The van der Waals surface area contributed by atoms with Crippen LogP contribution in [0.1, 0.15) is 29.8 Å². The van der Waals surface area contributed by atoms with Crippen molar-refractivity contribution in [2.75, 3.05) is 0 Å². The van der Waals surface area contributed by atoms with E-state index in [1.165, 1.54) is 12.1 Å². The third kappa shape index (κ3) is 2.13. The second-order valence-electron chi connectivity index (χ2n) is 3.74. The maximum absolute atomic E-state index is 13.0. The second-order valence-corrected chi connectivity index (χ2v) is 3.74.